The Hall–Kier alpha value is -0.650. The summed E-state index contributed by atoms with van der Waals surface area (Å²) in [5, 5.41) is 3.46. The predicted octanol–water partition coefficient (Wildman–Crippen LogP) is 0.616. The zero-order chi connectivity index (χ0) is 15.4. The smallest absolute Gasteiger partial charge is 0.236 e. The highest BCUT2D eigenvalue weighted by molar-refractivity contribution is 5.78. The SMILES string of the molecule is CCN1CCN(CC(=O)N2CCC3(CCNCC3)CC2)CC1. The van der Waals surface area contributed by atoms with E-state index in [1.165, 1.54) is 25.7 Å². The minimum atomic E-state index is 0.355. The van der Waals surface area contributed by atoms with E-state index < -0.39 is 0 Å². The number of rotatable bonds is 3. The summed E-state index contributed by atoms with van der Waals surface area (Å²) in [5.41, 5.74) is 0.536. The summed E-state index contributed by atoms with van der Waals surface area (Å²) in [7, 11) is 0. The molecule has 1 N–H and O–H groups in total. The maximum Gasteiger partial charge on any atom is 0.236 e. The summed E-state index contributed by atoms with van der Waals surface area (Å²) >= 11 is 0. The van der Waals surface area contributed by atoms with Crippen molar-refractivity contribution in [2.45, 2.75) is 32.6 Å². The number of likely N-dealkylation sites (N-methyl/N-ethyl adjacent to an activating group) is 1. The van der Waals surface area contributed by atoms with Gasteiger partial charge in [0.2, 0.25) is 5.91 Å². The van der Waals surface area contributed by atoms with Crippen LogP contribution in [0.1, 0.15) is 32.6 Å². The van der Waals surface area contributed by atoms with Gasteiger partial charge in [0.15, 0.2) is 0 Å². The molecule has 0 saturated carbocycles. The van der Waals surface area contributed by atoms with Crippen LogP contribution in [0.25, 0.3) is 0 Å². The third-order valence-electron chi connectivity index (χ3n) is 6.11. The summed E-state index contributed by atoms with van der Waals surface area (Å²) in [5.74, 6) is 0.355. The normalized spacial score (nSPS) is 27.2. The molecule has 0 bridgehead atoms. The van der Waals surface area contributed by atoms with Crippen LogP contribution in [0, 0.1) is 5.41 Å². The highest BCUT2D eigenvalue weighted by atomic mass is 16.2. The molecule has 0 aliphatic carbocycles. The molecule has 22 heavy (non-hydrogen) atoms. The third kappa shape index (κ3) is 3.81. The Bertz CT molecular complexity index is 363. The van der Waals surface area contributed by atoms with E-state index in [1.807, 2.05) is 0 Å². The molecular formula is C17H32N4O. The predicted molar refractivity (Wildman–Crippen MR) is 88.9 cm³/mol. The number of hydrogen-bond donors (Lipinski definition) is 1. The van der Waals surface area contributed by atoms with E-state index in [2.05, 4.69) is 26.9 Å². The van der Waals surface area contributed by atoms with Gasteiger partial charge in [-0.15, -0.1) is 0 Å². The number of piperidine rings is 2. The molecule has 5 nitrogen and oxygen atoms in total. The lowest BCUT2D eigenvalue weighted by molar-refractivity contribution is -0.135. The van der Waals surface area contributed by atoms with E-state index in [9.17, 15) is 4.79 Å². The summed E-state index contributed by atoms with van der Waals surface area (Å²) in [6.07, 6.45) is 5.02. The molecule has 0 radical (unpaired) electrons. The van der Waals surface area contributed by atoms with Crippen molar-refractivity contribution in [3.8, 4) is 0 Å². The first-order valence-electron chi connectivity index (χ1n) is 9.14. The number of piperazine rings is 1. The quantitative estimate of drug-likeness (QED) is 0.829. The number of hydrogen-bond acceptors (Lipinski definition) is 4. The largest absolute Gasteiger partial charge is 0.342 e. The van der Waals surface area contributed by atoms with Gasteiger partial charge < -0.3 is 15.1 Å². The van der Waals surface area contributed by atoms with E-state index in [4.69, 9.17) is 0 Å². The molecule has 3 aliphatic rings. The minimum Gasteiger partial charge on any atom is -0.342 e. The number of nitrogens with one attached hydrogen (secondary N) is 1. The molecular weight excluding hydrogens is 276 g/mol. The van der Waals surface area contributed by atoms with Crippen molar-refractivity contribution in [1.29, 1.82) is 0 Å². The fraction of sp³-hybridized carbons (Fsp3) is 0.941. The Morgan fingerprint density at radius 2 is 1.50 bits per heavy atom. The molecule has 126 valence electrons. The second-order valence-electron chi connectivity index (χ2n) is 7.34. The standard InChI is InChI=1S/C17H32N4O/c1-2-19-11-13-20(14-12-19)15-16(22)21-9-5-17(6-10-21)3-7-18-8-4-17/h18H,2-15H2,1H3. The van der Waals surface area contributed by atoms with Gasteiger partial charge >= 0.3 is 0 Å². The molecule has 1 spiro atoms. The maximum atomic E-state index is 12.5. The van der Waals surface area contributed by atoms with Gasteiger partial charge in [-0.3, -0.25) is 9.69 Å². The molecule has 0 unspecified atom stereocenters. The van der Waals surface area contributed by atoms with Crippen molar-refractivity contribution < 1.29 is 4.79 Å². The molecule has 0 aromatic rings. The average molecular weight is 308 g/mol. The molecule has 3 heterocycles. The van der Waals surface area contributed by atoms with E-state index in [-0.39, 0.29) is 0 Å². The van der Waals surface area contributed by atoms with Crippen LogP contribution in [0.3, 0.4) is 0 Å². The first-order chi connectivity index (χ1) is 10.7. The highest BCUT2D eigenvalue weighted by Gasteiger charge is 2.36. The second-order valence-corrected chi connectivity index (χ2v) is 7.34. The van der Waals surface area contributed by atoms with Gasteiger partial charge in [0.1, 0.15) is 0 Å². The summed E-state index contributed by atoms with van der Waals surface area (Å²) in [6.45, 7) is 12.6. The third-order valence-corrected chi connectivity index (χ3v) is 6.11. The first-order valence-corrected chi connectivity index (χ1v) is 9.14. The van der Waals surface area contributed by atoms with Gasteiger partial charge in [0, 0.05) is 39.3 Å². The molecule has 0 aromatic carbocycles. The van der Waals surface area contributed by atoms with Crippen molar-refractivity contribution >= 4 is 5.91 Å². The van der Waals surface area contributed by atoms with Crippen molar-refractivity contribution in [3.63, 3.8) is 0 Å². The van der Waals surface area contributed by atoms with Crippen LogP contribution in [0.4, 0.5) is 0 Å². The summed E-state index contributed by atoms with van der Waals surface area (Å²) in [6, 6.07) is 0. The van der Waals surface area contributed by atoms with Crippen LogP contribution in [0.2, 0.25) is 0 Å². The summed E-state index contributed by atoms with van der Waals surface area (Å²) < 4.78 is 0. The van der Waals surface area contributed by atoms with Crippen LogP contribution in [-0.2, 0) is 4.79 Å². The molecule has 0 atom stereocenters. The number of carbonyl (C=O) groups is 1. The van der Waals surface area contributed by atoms with Crippen molar-refractivity contribution in [1.82, 2.24) is 20.0 Å². The van der Waals surface area contributed by atoms with Crippen LogP contribution in [0.15, 0.2) is 0 Å². The Morgan fingerprint density at radius 1 is 0.909 bits per heavy atom. The van der Waals surface area contributed by atoms with Crippen LogP contribution >= 0.6 is 0 Å². The topological polar surface area (TPSA) is 38.8 Å². The number of carbonyl (C=O) groups excluding carboxylic acids is 1. The average Bonchev–Trinajstić information content (AvgIpc) is 2.57. The van der Waals surface area contributed by atoms with E-state index in [1.54, 1.807) is 0 Å². The highest BCUT2D eigenvalue weighted by Crippen LogP contribution is 2.39. The van der Waals surface area contributed by atoms with Gasteiger partial charge in [-0.2, -0.15) is 0 Å². The summed E-state index contributed by atoms with van der Waals surface area (Å²) in [4.78, 5) is 19.5. The molecule has 3 saturated heterocycles. The minimum absolute atomic E-state index is 0.355. The van der Waals surface area contributed by atoms with Crippen LogP contribution in [-0.4, -0.2) is 86.1 Å². The van der Waals surface area contributed by atoms with Crippen LogP contribution in [0.5, 0.6) is 0 Å². The van der Waals surface area contributed by atoms with E-state index in [0.29, 0.717) is 17.9 Å². The molecule has 5 heteroatoms. The van der Waals surface area contributed by atoms with Gasteiger partial charge in [0.25, 0.3) is 0 Å². The number of nitrogens with zero attached hydrogens (tertiary/aromatic N) is 3. The Balaban J connectivity index is 1.42. The lowest BCUT2D eigenvalue weighted by atomic mass is 9.71. The van der Waals surface area contributed by atoms with Crippen molar-refractivity contribution in [2.24, 2.45) is 5.41 Å². The molecule has 3 aliphatic heterocycles. The van der Waals surface area contributed by atoms with Gasteiger partial charge in [-0.25, -0.2) is 0 Å². The van der Waals surface area contributed by atoms with Crippen molar-refractivity contribution in [2.75, 3.05) is 65.4 Å². The van der Waals surface area contributed by atoms with Crippen molar-refractivity contribution in [3.05, 3.63) is 0 Å². The van der Waals surface area contributed by atoms with Gasteiger partial charge in [-0.05, 0) is 50.7 Å². The molecule has 3 fully saturated rings. The second kappa shape index (κ2) is 7.28. The van der Waals surface area contributed by atoms with Gasteiger partial charge in [0.05, 0.1) is 6.54 Å². The zero-order valence-corrected chi connectivity index (χ0v) is 14.1. The Labute approximate surface area is 135 Å². The van der Waals surface area contributed by atoms with E-state index >= 15 is 0 Å². The number of amides is 1. The number of likely N-dealkylation sites (tertiary alicyclic amines) is 1. The first kappa shape index (κ1) is 16.2. The fourth-order valence-corrected chi connectivity index (χ4v) is 4.24. The Kier molecular flexibility index (Phi) is 5.37. The molecule has 0 aromatic heterocycles. The Morgan fingerprint density at radius 3 is 2.09 bits per heavy atom. The van der Waals surface area contributed by atoms with Crippen LogP contribution < -0.4 is 5.32 Å². The maximum absolute atomic E-state index is 12.5. The lowest BCUT2D eigenvalue weighted by Gasteiger charge is -2.45. The zero-order valence-electron chi connectivity index (χ0n) is 14.1. The van der Waals surface area contributed by atoms with E-state index in [0.717, 1.165) is 58.9 Å². The lowest BCUT2D eigenvalue weighted by Crippen LogP contribution is -2.52. The van der Waals surface area contributed by atoms with Gasteiger partial charge in [-0.1, -0.05) is 6.92 Å². The fourth-order valence-electron chi connectivity index (χ4n) is 4.24. The monoisotopic (exact) mass is 308 g/mol. The molecule has 1 amide bonds. The molecule has 3 rings (SSSR count).